The summed E-state index contributed by atoms with van der Waals surface area (Å²) in [5.74, 6) is 1.69. The number of hydrogen-bond acceptors (Lipinski definition) is 2. The van der Waals surface area contributed by atoms with Crippen LogP contribution in [0.25, 0.3) is 66.8 Å². The lowest BCUT2D eigenvalue weighted by molar-refractivity contribution is 0.477. The van der Waals surface area contributed by atoms with Crippen molar-refractivity contribution in [1.29, 1.82) is 0 Å². The molecular weight excluding hydrogens is 919 g/mol. The van der Waals surface area contributed by atoms with Crippen molar-refractivity contribution in [3.05, 3.63) is 220 Å². The van der Waals surface area contributed by atoms with Gasteiger partial charge >= 0.3 is 0 Å². The lowest BCUT2D eigenvalue weighted by Gasteiger charge is -2.33. The molecule has 0 saturated heterocycles. The van der Waals surface area contributed by atoms with Gasteiger partial charge in [0, 0.05) is 5.69 Å². The number of unbranched alkanes of at least 4 members (excludes halogenated alkanes) is 4. The SMILES string of the molecule is CCCCc1cc(C)cc(-c2cc(-c3cc(C)cc(CCCC)c3)cc(-c3cc(-c4cc(-c5cc(C)cc(CCCC)c5)cc(-c5cc(C)cc(CCCC)c5)c4)cc(N4c5ccccc5Oc5ccccc54)c3)c2)c1. The zero-order valence-corrected chi connectivity index (χ0v) is 46.6. The van der Waals surface area contributed by atoms with Gasteiger partial charge in [-0.1, -0.05) is 173 Å². The van der Waals surface area contributed by atoms with Crippen LogP contribution in [0.15, 0.2) is 176 Å². The number of anilines is 3. The Balaban J connectivity index is 1.25. The van der Waals surface area contributed by atoms with Gasteiger partial charge in [0.25, 0.3) is 0 Å². The summed E-state index contributed by atoms with van der Waals surface area (Å²) < 4.78 is 6.65. The Labute approximate surface area is 455 Å². The van der Waals surface area contributed by atoms with Gasteiger partial charge in [-0.15, -0.1) is 0 Å². The molecule has 0 amide bonds. The lowest BCUT2D eigenvalue weighted by atomic mass is 9.88. The maximum atomic E-state index is 6.65. The van der Waals surface area contributed by atoms with Crippen molar-refractivity contribution in [2.24, 2.45) is 0 Å². The smallest absolute Gasteiger partial charge is 0.151 e. The molecule has 0 saturated carbocycles. The van der Waals surface area contributed by atoms with Gasteiger partial charge in [-0.3, -0.25) is 0 Å². The Bertz CT molecular complexity index is 3140. The van der Waals surface area contributed by atoms with E-state index in [4.69, 9.17) is 4.74 Å². The monoisotopic (exact) mass is 996 g/mol. The average Bonchev–Trinajstić information content (AvgIpc) is 3.45. The highest BCUT2D eigenvalue weighted by Crippen LogP contribution is 2.52. The first-order chi connectivity index (χ1) is 37.0. The molecule has 0 aliphatic carbocycles. The predicted octanol–water partition coefficient (Wildman–Crippen LogP) is 21.9. The largest absolute Gasteiger partial charge is 0.453 e. The number of ether oxygens (including phenoxy) is 1. The third-order valence-corrected chi connectivity index (χ3v) is 15.3. The minimum absolute atomic E-state index is 0.843. The fourth-order valence-electron chi connectivity index (χ4n) is 11.5. The van der Waals surface area contributed by atoms with Crippen molar-refractivity contribution in [1.82, 2.24) is 0 Å². The molecule has 1 aliphatic heterocycles. The maximum absolute atomic E-state index is 6.65. The van der Waals surface area contributed by atoms with Crippen LogP contribution < -0.4 is 9.64 Å². The van der Waals surface area contributed by atoms with Gasteiger partial charge in [0.15, 0.2) is 11.5 Å². The van der Waals surface area contributed by atoms with Gasteiger partial charge in [-0.2, -0.15) is 0 Å². The minimum Gasteiger partial charge on any atom is -0.453 e. The van der Waals surface area contributed by atoms with E-state index in [-0.39, 0.29) is 0 Å². The summed E-state index contributed by atoms with van der Waals surface area (Å²) >= 11 is 0. The molecule has 0 bridgehead atoms. The number of rotatable bonds is 19. The third-order valence-electron chi connectivity index (χ3n) is 15.3. The first-order valence-electron chi connectivity index (χ1n) is 28.6. The van der Waals surface area contributed by atoms with Crippen molar-refractivity contribution in [2.75, 3.05) is 4.90 Å². The van der Waals surface area contributed by atoms with Gasteiger partial charge in [0.05, 0.1) is 11.4 Å². The molecule has 0 aromatic heterocycles. The van der Waals surface area contributed by atoms with Crippen LogP contribution in [-0.4, -0.2) is 0 Å². The van der Waals surface area contributed by atoms with E-state index in [0.29, 0.717) is 0 Å². The van der Waals surface area contributed by atoms with Gasteiger partial charge in [0.1, 0.15) is 0 Å². The van der Waals surface area contributed by atoms with Crippen LogP contribution in [0.3, 0.4) is 0 Å². The summed E-state index contributed by atoms with van der Waals surface area (Å²) in [5.41, 5.74) is 28.7. The second-order valence-electron chi connectivity index (χ2n) is 22.0. The second kappa shape index (κ2) is 23.6. The van der Waals surface area contributed by atoms with E-state index in [1.54, 1.807) is 0 Å². The van der Waals surface area contributed by atoms with E-state index in [2.05, 4.69) is 236 Å². The molecule has 0 radical (unpaired) electrons. The van der Waals surface area contributed by atoms with Crippen molar-refractivity contribution in [2.45, 2.75) is 132 Å². The normalized spacial score (nSPS) is 11.9. The number of nitrogens with zero attached hydrogens (tertiary/aromatic N) is 1. The molecule has 0 unspecified atom stereocenters. The minimum atomic E-state index is 0.843. The van der Waals surface area contributed by atoms with Crippen molar-refractivity contribution < 1.29 is 4.74 Å². The number of benzene rings is 9. The van der Waals surface area contributed by atoms with E-state index < -0.39 is 0 Å². The van der Waals surface area contributed by atoms with Crippen molar-refractivity contribution in [3.63, 3.8) is 0 Å². The summed E-state index contributed by atoms with van der Waals surface area (Å²) in [6.45, 7) is 18.2. The number of aryl methyl sites for hydroxylation is 8. The first-order valence-corrected chi connectivity index (χ1v) is 28.6. The fraction of sp³-hybridized carbons (Fsp3) is 0.270. The Morgan fingerprint density at radius 3 is 0.816 bits per heavy atom. The molecule has 1 aliphatic rings. The van der Waals surface area contributed by atoms with E-state index in [9.17, 15) is 0 Å². The third kappa shape index (κ3) is 12.0. The Hall–Kier alpha value is -7.42. The van der Waals surface area contributed by atoms with Gasteiger partial charge in [-0.05, 0) is 247 Å². The Morgan fingerprint density at radius 1 is 0.289 bits per heavy atom. The van der Waals surface area contributed by atoms with Crippen molar-refractivity contribution >= 4 is 17.1 Å². The van der Waals surface area contributed by atoms with E-state index >= 15 is 0 Å². The standard InChI is InChI=1S/C74H77NO/c1-9-13-21-54-29-50(5)33-58(37-54)62-41-63(59-34-51(6)30-55(38-59)22-14-10-2)44-66(43-62)68-47-69(49-70(48-68)75-71-25-17-19-27-73(71)76-74-28-20-18-26-72(74)75)67-45-64(60-35-52(7)31-56(39-60)23-15-11-3)42-65(46-67)61-36-53(8)32-57(40-61)24-16-12-4/h17-20,25-49H,9-16,21-24H2,1-8H3. The number of para-hydroxylation sites is 4. The first kappa shape index (κ1) is 52.0. The summed E-state index contributed by atoms with van der Waals surface area (Å²) in [4.78, 5) is 2.42. The molecule has 2 nitrogen and oxygen atoms in total. The lowest BCUT2D eigenvalue weighted by Crippen LogP contribution is -2.15. The van der Waals surface area contributed by atoms with E-state index in [1.165, 1.54) is 152 Å². The zero-order valence-electron chi connectivity index (χ0n) is 46.6. The highest BCUT2D eigenvalue weighted by molar-refractivity contribution is 5.93. The molecular formula is C74H77NO. The molecule has 0 spiro atoms. The van der Waals surface area contributed by atoms with Crippen LogP contribution in [-0.2, 0) is 25.7 Å². The van der Waals surface area contributed by atoms with Gasteiger partial charge in [-0.25, -0.2) is 0 Å². The molecule has 1 heterocycles. The zero-order chi connectivity index (χ0) is 52.7. The molecule has 2 heteroatoms. The summed E-state index contributed by atoms with van der Waals surface area (Å²) in [6, 6.07) is 67.8. The molecule has 9 aromatic rings. The molecule has 76 heavy (non-hydrogen) atoms. The van der Waals surface area contributed by atoms with Gasteiger partial charge in [0.2, 0.25) is 0 Å². The number of hydrogen-bond donors (Lipinski definition) is 0. The van der Waals surface area contributed by atoms with Crippen LogP contribution in [0.1, 0.15) is 124 Å². The molecule has 384 valence electrons. The topological polar surface area (TPSA) is 12.5 Å². The molecule has 9 aromatic carbocycles. The van der Waals surface area contributed by atoms with Crippen LogP contribution in [0.2, 0.25) is 0 Å². The highest BCUT2D eigenvalue weighted by atomic mass is 16.5. The summed E-state index contributed by atoms with van der Waals surface area (Å²) in [5, 5.41) is 0. The Kier molecular flexibility index (Phi) is 16.2. The summed E-state index contributed by atoms with van der Waals surface area (Å²) in [6.07, 6.45) is 13.7. The molecule has 0 atom stereocenters. The van der Waals surface area contributed by atoms with Crippen molar-refractivity contribution in [3.8, 4) is 78.3 Å². The summed E-state index contributed by atoms with van der Waals surface area (Å²) in [7, 11) is 0. The number of fused-ring (bicyclic) bond motifs is 2. The van der Waals surface area contributed by atoms with Crippen LogP contribution in [0.4, 0.5) is 17.1 Å². The van der Waals surface area contributed by atoms with E-state index in [0.717, 1.165) is 65.4 Å². The van der Waals surface area contributed by atoms with Crippen LogP contribution in [0, 0.1) is 27.7 Å². The predicted molar refractivity (Wildman–Crippen MR) is 327 cm³/mol. The molecule has 10 rings (SSSR count). The Morgan fingerprint density at radius 2 is 0.539 bits per heavy atom. The highest BCUT2D eigenvalue weighted by Gasteiger charge is 2.27. The van der Waals surface area contributed by atoms with E-state index in [1.807, 2.05) is 0 Å². The fourth-order valence-corrected chi connectivity index (χ4v) is 11.5. The van der Waals surface area contributed by atoms with Crippen LogP contribution >= 0.6 is 0 Å². The average molecular weight is 996 g/mol. The molecule has 0 fully saturated rings. The second-order valence-corrected chi connectivity index (χ2v) is 22.0. The van der Waals surface area contributed by atoms with Crippen LogP contribution in [0.5, 0.6) is 11.5 Å². The maximum Gasteiger partial charge on any atom is 0.151 e. The molecule has 0 N–H and O–H groups in total. The quantitative estimate of drug-likeness (QED) is 0.0800. The van der Waals surface area contributed by atoms with Gasteiger partial charge < -0.3 is 9.64 Å².